The maximum Gasteiger partial charge on any atom is 0.0547 e. The second-order valence-corrected chi connectivity index (χ2v) is 16.7. The number of rotatable bonds is 6. The molecule has 0 saturated carbocycles. The Morgan fingerprint density at radius 2 is 1.05 bits per heavy atom. The fourth-order valence-electron chi connectivity index (χ4n) is 10.6. The lowest BCUT2D eigenvalue weighted by atomic mass is 9.71. The van der Waals surface area contributed by atoms with Crippen molar-refractivity contribution in [3.05, 3.63) is 235 Å². The molecule has 2 atom stereocenters. The summed E-state index contributed by atoms with van der Waals surface area (Å²) in [5.74, 6) is 0.581. The van der Waals surface area contributed by atoms with Gasteiger partial charge in [0.15, 0.2) is 0 Å². The Morgan fingerprint density at radius 3 is 1.85 bits per heavy atom. The van der Waals surface area contributed by atoms with Crippen LogP contribution in [0.15, 0.2) is 218 Å². The number of aromatic nitrogens is 1. The highest BCUT2D eigenvalue weighted by Crippen LogP contribution is 2.49. The van der Waals surface area contributed by atoms with E-state index in [1.54, 1.807) is 0 Å². The highest BCUT2D eigenvalue weighted by Gasteiger charge is 2.30. The fourth-order valence-corrected chi connectivity index (χ4v) is 10.6. The monoisotopic (exact) mass is 777 g/mol. The highest BCUT2D eigenvalue weighted by molar-refractivity contribution is 6.28. The molecular weight excluding hydrogens is 735 g/mol. The average molecular weight is 778 g/mol. The van der Waals surface area contributed by atoms with Gasteiger partial charge in [-0.1, -0.05) is 195 Å². The van der Waals surface area contributed by atoms with Crippen molar-refractivity contribution < 1.29 is 0 Å². The predicted octanol–water partition coefficient (Wildman–Crippen LogP) is 16.4. The van der Waals surface area contributed by atoms with Gasteiger partial charge in [-0.15, -0.1) is 0 Å². The van der Waals surface area contributed by atoms with Gasteiger partial charge in [-0.2, -0.15) is 0 Å². The Bertz CT molecular complexity index is 3570. The molecule has 1 aliphatic rings. The van der Waals surface area contributed by atoms with E-state index in [9.17, 15) is 0 Å². The van der Waals surface area contributed by atoms with Crippen molar-refractivity contribution in [3.63, 3.8) is 0 Å². The third-order valence-electron chi connectivity index (χ3n) is 13.4. The molecule has 0 radical (unpaired) electrons. The Hall–Kier alpha value is -7.48. The Kier molecular flexibility index (Phi) is 8.35. The molecule has 0 bridgehead atoms. The Balaban J connectivity index is 1.08. The first-order valence-electron chi connectivity index (χ1n) is 21.7. The van der Waals surface area contributed by atoms with Crippen LogP contribution in [0.25, 0.3) is 92.9 Å². The van der Waals surface area contributed by atoms with Crippen molar-refractivity contribution in [1.29, 1.82) is 0 Å². The minimum atomic E-state index is 0.259. The minimum absolute atomic E-state index is 0.259. The Labute approximate surface area is 356 Å². The zero-order valence-electron chi connectivity index (χ0n) is 34.1. The maximum atomic E-state index is 2.52. The van der Waals surface area contributed by atoms with Crippen LogP contribution in [-0.2, 0) is 0 Å². The number of fused-ring (bicyclic) bond motifs is 10. The van der Waals surface area contributed by atoms with Crippen LogP contribution in [-0.4, -0.2) is 4.57 Å². The molecule has 0 spiro atoms. The summed E-state index contributed by atoms with van der Waals surface area (Å²) in [6, 6.07) is 76.6. The molecule has 0 N–H and O–H groups in total. The summed E-state index contributed by atoms with van der Waals surface area (Å²) in [5, 5.41) is 12.8. The summed E-state index contributed by atoms with van der Waals surface area (Å²) >= 11 is 0. The lowest BCUT2D eigenvalue weighted by Gasteiger charge is -2.33. The molecule has 0 amide bonds. The first-order valence-corrected chi connectivity index (χ1v) is 21.7. The summed E-state index contributed by atoms with van der Waals surface area (Å²) in [5.41, 5.74) is 12.7. The highest BCUT2D eigenvalue weighted by atomic mass is 15.0. The Morgan fingerprint density at radius 1 is 0.426 bits per heavy atom. The molecule has 2 unspecified atom stereocenters. The number of allylic oxidation sites excluding steroid dienone is 4. The molecule has 61 heavy (non-hydrogen) atoms. The van der Waals surface area contributed by atoms with E-state index in [0.29, 0.717) is 5.92 Å². The van der Waals surface area contributed by atoms with Crippen LogP contribution in [0, 0.1) is 5.92 Å². The van der Waals surface area contributed by atoms with Crippen LogP contribution >= 0.6 is 0 Å². The van der Waals surface area contributed by atoms with E-state index in [4.69, 9.17) is 0 Å². The van der Waals surface area contributed by atoms with E-state index in [2.05, 4.69) is 230 Å². The van der Waals surface area contributed by atoms with Crippen molar-refractivity contribution in [2.24, 2.45) is 5.92 Å². The standard InChI is InChI=1S/C60H43N/c1-2-47-55(41-19-7-4-8-20-41)36-45(39-16-5-3-6-17-39)37-56(47)53-26-15-25-52-48-22-11-12-23-49(48)57-35-43(30-33-54(57)60(52)53)44-29-32-51-50-24-13-14-27-58(50)61(59(51)38-44)46-31-28-40-18-9-10-21-42(40)34-46/h3-38,47,55H,2H2,1H3. The second-order valence-electron chi connectivity index (χ2n) is 16.7. The number of hydrogen-bond donors (Lipinski definition) is 0. The molecule has 0 aliphatic heterocycles. The van der Waals surface area contributed by atoms with Crippen molar-refractivity contribution in [1.82, 2.24) is 4.57 Å². The summed E-state index contributed by atoms with van der Waals surface area (Å²) in [6.07, 6.45) is 6.05. The normalized spacial score (nSPS) is 15.6. The van der Waals surface area contributed by atoms with Gasteiger partial charge in [-0.25, -0.2) is 0 Å². The van der Waals surface area contributed by atoms with Gasteiger partial charge in [0.1, 0.15) is 0 Å². The van der Waals surface area contributed by atoms with Crippen LogP contribution in [0.3, 0.4) is 0 Å². The molecule has 1 nitrogen and oxygen atoms in total. The molecule has 10 aromatic carbocycles. The molecule has 1 aliphatic carbocycles. The molecule has 1 aromatic heterocycles. The lowest BCUT2D eigenvalue weighted by Crippen LogP contribution is -2.17. The van der Waals surface area contributed by atoms with Gasteiger partial charge in [0.05, 0.1) is 11.0 Å². The van der Waals surface area contributed by atoms with Gasteiger partial charge in [-0.05, 0) is 125 Å². The van der Waals surface area contributed by atoms with E-state index in [1.807, 2.05) is 0 Å². The maximum absolute atomic E-state index is 2.52. The van der Waals surface area contributed by atoms with Crippen LogP contribution in [0.5, 0.6) is 0 Å². The first kappa shape index (κ1) is 35.5. The molecule has 0 fully saturated rings. The largest absolute Gasteiger partial charge is 0.309 e. The van der Waals surface area contributed by atoms with E-state index < -0.39 is 0 Å². The van der Waals surface area contributed by atoms with Crippen LogP contribution in [0.2, 0.25) is 0 Å². The topological polar surface area (TPSA) is 4.93 Å². The predicted molar refractivity (Wildman–Crippen MR) is 262 cm³/mol. The number of benzene rings is 10. The zero-order chi connectivity index (χ0) is 40.4. The van der Waals surface area contributed by atoms with Gasteiger partial charge in [0, 0.05) is 22.4 Å². The molecule has 12 rings (SSSR count). The van der Waals surface area contributed by atoms with Crippen molar-refractivity contribution in [2.75, 3.05) is 0 Å². The first-order chi connectivity index (χ1) is 30.2. The molecule has 0 saturated heterocycles. The van der Waals surface area contributed by atoms with Gasteiger partial charge in [0.25, 0.3) is 0 Å². The van der Waals surface area contributed by atoms with Gasteiger partial charge >= 0.3 is 0 Å². The fraction of sp³-hybridized carbons (Fsp3) is 0.0667. The van der Waals surface area contributed by atoms with Crippen molar-refractivity contribution >= 4 is 76.0 Å². The third-order valence-corrected chi connectivity index (χ3v) is 13.4. The SMILES string of the molecule is CCC1C(c2cccc3c4ccccc4c4cc(-c5ccc6c7ccccc7n(-c7ccc8ccccc8c7)c6c5)ccc4c23)=CC(c2ccccc2)=CC1c1ccccc1. The summed E-state index contributed by atoms with van der Waals surface area (Å²) < 4.78 is 2.44. The lowest BCUT2D eigenvalue weighted by molar-refractivity contribution is 0.578. The van der Waals surface area contributed by atoms with Gasteiger partial charge < -0.3 is 4.57 Å². The average Bonchev–Trinajstić information content (AvgIpc) is 3.67. The minimum Gasteiger partial charge on any atom is -0.309 e. The number of hydrogen-bond acceptors (Lipinski definition) is 0. The zero-order valence-corrected chi connectivity index (χ0v) is 34.1. The number of para-hydroxylation sites is 1. The van der Waals surface area contributed by atoms with Crippen molar-refractivity contribution in [3.8, 4) is 16.8 Å². The molecule has 1 heterocycles. The molecule has 288 valence electrons. The summed E-state index contributed by atoms with van der Waals surface area (Å²) in [7, 11) is 0. The third kappa shape index (κ3) is 5.76. The van der Waals surface area contributed by atoms with Gasteiger partial charge in [0.2, 0.25) is 0 Å². The van der Waals surface area contributed by atoms with E-state index in [1.165, 1.54) is 110 Å². The van der Waals surface area contributed by atoms with E-state index in [-0.39, 0.29) is 5.92 Å². The summed E-state index contributed by atoms with van der Waals surface area (Å²) in [6.45, 7) is 2.36. The van der Waals surface area contributed by atoms with Crippen LogP contribution in [0.4, 0.5) is 0 Å². The van der Waals surface area contributed by atoms with Crippen molar-refractivity contribution in [2.45, 2.75) is 19.3 Å². The molecular formula is C60H43N. The number of nitrogens with zero attached hydrogens (tertiary/aromatic N) is 1. The van der Waals surface area contributed by atoms with E-state index in [0.717, 1.165) is 6.42 Å². The quantitative estimate of drug-likeness (QED) is 0.148. The van der Waals surface area contributed by atoms with Crippen LogP contribution in [0.1, 0.15) is 36.0 Å². The van der Waals surface area contributed by atoms with Gasteiger partial charge in [-0.3, -0.25) is 0 Å². The van der Waals surface area contributed by atoms with E-state index >= 15 is 0 Å². The second kappa shape index (κ2) is 14.4. The summed E-state index contributed by atoms with van der Waals surface area (Å²) in [4.78, 5) is 0. The molecule has 1 heteroatoms. The smallest absolute Gasteiger partial charge is 0.0547 e. The van der Waals surface area contributed by atoms with Crippen LogP contribution < -0.4 is 0 Å². The molecule has 11 aromatic rings.